The van der Waals surface area contributed by atoms with Gasteiger partial charge in [0.05, 0.1) is 6.21 Å². The molecule has 0 heterocycles. The molecule has 0 atom stereocenters. The molecule has 8 nitrogen and oxygen atoms in total. The van der Waals surface area contributed by atoms with E-state index in [1.807, 2.05) is 5.43 Å². The summed E-state index contributed by atoms with van der Waals surface area (Å²) in [5.41, 5.74) is 4.07. The number of rotatable bonds is 2. The van der Waals surface area contributed by atoms with Crippen molar-refractivity contribution in [2.45, 2.75) is 0 Å². The fourth-order valence-electron chi connectivity index (χ4n) is 0.898. The van der Waals surface area contributed by atoms with Crippen molar-refractivity contribution in [3.05, 3.63) is 17.7 Å². The molecule has 86 valence electrons. The number of urea groups is 1. The molecule has 0 unspecified atom stereocenters. The van der Waals surface area contributed by atoms with Crippen molar-refractivity contribution >= 4 is 12.2 Å². The van der Waals surface area contributed by atoms with Crippen LogP contribution in [0.4, 0.5) is 4.79 Å². The Bertz CT molecular complexity index is 409. The number of hydrazine groups is 1. The molecule has 0 aliphatic rings. The molecule has 0 aromatic heterocycles. The number of nitrogens with two attached hydrogens (primary N) is 1. The van der Waals surface area contributed by atoms with Crippen LogP contribution in [0.2, 0.25) is 0 Å². The summed E-state index contributed by atoms with van der Waals surface area (Å²) in [6, 6.07) is 1.59. The van der Waals surface area contributed by atoms with Gasteiger partial charge in [-0.25, -0.2) is 16.1 Å². The number of hydrazone groups is 1. The predicted octanol–water partition coefficient (Wildman–Crippen LogP) is -0.690. The monoisotopic (exact) mass is 226 g/mol. The highest BCUT2D eigenvalue weighted by atomic mass is 16.3. The lowest BCUT2D eigenvalue weighted by molar-refractivity contribution is 0.241. The van der Waals surface area contributed by atoms with Gasteiger partial charge in [-0.3, -0.25) is 5.43 Å². The number of amides is 2. The first kappa shape index (κ1) is 11.6. The third-order valence-electron chi connectivity index (χ3n) is 1.60. The van der Waals surface area contributed by atoms with E-state index in [0.29, 0.717) is 0 Å². The molecule has 0 saturated heterocycles. The summed E-state index contributed by atoms with van der Waals surface area (Å²) in [6.07, 6.45) is 1.15. The Morgan fingerprint density at radius 1 is 1.31 bits per heavy atom. The zero-order chi connectivity index (χ0) is 12.1. The molecular formula is C8H10N4O4. The molecule has 1 aromatic rings. The second-order valence-corrected chi connectivity index (χ2v) is 2.75. The number of benzene rings is 1. The molecule has 0 fully saturated rings. The summed E-state index contributed by atoms with van der Waals surface area (Å²) in [7, 11) is 0. The Morgan fingerprint density at radius 2 is 1.88 bits per heavy atom. The summed E-state index contributed by atoms with van der Waals surface area (Å²) in [5.74, 6) is 3.16. The van der Waals surface area contributed by atoms with Crippen LogP contribution in [0.15, 0.2) is 17.2 Å². The largest absolute Gasteiger partial charge is 0.504 e. The zero-order valence-corrected chi connectivity index (χ0v) is 8.01. The maximum atomic E-state index is 10.6. The van der Waals surface area contributed by atoms with Crippen LogP contribution in [0.25, 0.3) is 0 Å². The SMILES string of the molecule is NNC(=O)N/N=C/c1cc(O)c(O)c(O)c1. The number of nitrogens with one attached hydrogen (secondary N) is 2. The second-order valence-electron chi connectivity index (χ2n) is 2.75. The van der Waals surface area contributed by atoms with E-state index in [4.69, 9.17) is 21.2 Å². The van der Waals surface area contributed by atoms with Gasteiger partial charge >= 0.3 is 6.03 Å². The summed E-state index contributed by atoms with van der Waals surface area (Å²) >= 11 is 0. The third-order valence-corrected chi connectivity index (χ3v) is 1.60. The molecule has 16 heavy (non-hydrogen) atoms. The van der Waals surface area contributed by atoms with Crippen LogP contribution in [0.3, 0.4) is 0 Å². The third kappa shape index (κ3) is 2.75. The van der Waals surface area contributed by atoms with Crippen molar-refractivity contribution in [3.63, 3.8) is 0 Å². The van der Waals surface area contributed by atoms with E-state index in [1.165, 1.54) is 0 Å². The minimum atomic E-state index is -0.719. The smallest absolute Gasteiger partial charge is 0.349 e. The van der Waals surface area contributed by atoms with E-state index in [0.717, 1.165) is 18.3 Å². The van der Waals surface area contributed by atoms with E-state index in [1.54, 1.807) is 5.43 Å². The average molecular weight is 226 g/mol. The number of hydrogen-bond donors (Lipinski definition) is 6. The Hall–Kier alpha value is -2.48. The first-order valence-corrected chi connectivity index (χ1v) is 4.09. The molecule has 7 N–H and O–H groups in total. The van der Waals surface area contributed by atoms with Crippen molar-refractivity contribution in [1.82, 2.24) is 10.9 Å². The number of hydrogen-bond acceptors (Lipinski definition) is 6. The van der Waals surface area contributed by atoms with Crippen LogP contribution < -0.4 is 16.7 Å². The Balaban J connectivity index is 2.78. The van der Waals surface area contributed by atoms with Gasteiger partial charge < -0.3 is 15.3 Å². The second kappa shape index (κ2) is 4.84. The Kier molecular flexibility index (Phi) is 3.51. The number of nitrogens with zero attached hydrogens (tertiary/aromatic N) is 1. The van der Waals surface area contributed by atoms with E-state index in [2.05, 4.69) is 5.10 Å². The number of carbonyl (C=O) groups is 1. The van der Waals surface area contributed by atoms with Crippen LogP contribution in [0.1, 0.15) is 5.56 Å². The Morgan fingerprint density at radius 3 is 2.38 bits per heavy atom. The highest BCUT2D eigenvalue weighted by Gasteiger charge is 2.06. The topological polar surface area (TPSA) is 140 Å². The van der Waals surface area contributed by atoms with Gasteiger partial charge in [0.1, 0.15) is 0 Å². The van der Waals surface area contributed by atoms with Gasteiger partial charge in [-0.05, 0) is 12.1 Å². The van der Waals surface area contributed by atoms with Gasteiger partial charge in [0.25, 0.3) is 0 Å². The molecular weight excluding hydrogens is 216 g/mol. The maximum absolute atomic E-state index is 10.6. The van der Waals surface area contributed by atoms with Gasteiger partial charge in [-0.1, -0.05) is 0 Å². The van der Waals surface area contributed by atoms with E-state index in [-0.39, 0.29) is 5.56 Å². The summed E-state index contributed by atoms with van der Waals surface area (Å²) in [6.45, 7) is 0. The van der Waals surface area contributed by atoms with Crippen LogP contribution in [-0.4, -0.2) is 27.6 Å². The van der Waals surface area contributed by atoms with Gasteiger partial charge in [-0.2, -0.15) is 5.10 Å². The van der Waals surface area contributed by atoms with Crippen molar-refractivity contribution in [3.8, 4) is 17.2 Å². The van der Waals surface area contributed by atoms with Crippen LogP contribution in [0, 0.1) is 0 Å². The number of carbonyl (C=O) groups excluding carboxylic acids is 1. The maximum Gasteiger partial charge on any atom is 0.349 e. The normalized spacial score (nSPS) is 10.3. The Labute approximate surface area is 90.0 Å². The lowest BCUT2D eigenvalue weighted by Crippen LogP contribution is -2.37. The average Bonchev–Trinajstić information content (AvgIpc) is 2.25. The molecule has 1 aromatic carbocycles. The number of phenols is 3. The highest BCUT2D eigenvalue weighted by Crippen LogP contribution is 2.34. The molecule has 0 bridgehead atoms. The van der Waals surface area contributed by atoms with E-state index in [9.17, 15) is 4.79 Å². The van der Waals surface area contributed by atoms with Crippen LogP contribution >= 0.6 is 0 Å². The van der Waals surface area contributed by atoms with Gasteiger partial charge in [0.2, 0.25) is 0 Å². The molecule has 0 spiro atoms. The van der Waals surface area contributed by atoms with Crippen molar-refractivity contribution in [1.29, 1.82) is 0 Å². The van der Waals surface area contributed by atoms with E-state index >= 15 is 0 Å². The van der Waals surface area contributed by atoms with Gasteiger partial charge in [0, 0.05) is 5.56 Å². The van der Waals surface area contributed by atoms with Gasteiger partial charge in [0.15, 0.2) is 17.2 Å². The van der Waals surface area contributed by atoms with Crippen molar-refractivity contribution < 1.29 is 20.1 Å². The first-order valence-electron chi connectivity index (χ1n) is 4.09. The minimum Gasteiger partial charge on any atom is -0.504 e. The molecule has 0 aliphatic carbocycles. The highest BCUT2D eigenvalue weighted by molar-refractivity contribution is 5.83. The summed E-state index contributed by atoms with van der Waals surface area (Å²) in [4.78, 5) is 10.6. The number of aromatic hydroxyl groups is 3. The number of phenolic OH excluding ortho intramolecular Hbond substituents is 3. The molecule has 2 amide bonds. The molecule has 8 heteroatoms. The minimum absolute atomic E-state index is 0.283. The molecule has 1 rings (SSSR count). The summed E-state index contributed by atoms with van der Waals surface area (Å²) < 4.78 is 0. The molecule has 0 saturated carbocycles. The van der Waals surface area contributed by atoms with E-state index < -0.39 is 23.3 Å². The quantitative estimate of drug-likeness (QED) is 0.130. The van der Waals surface area contributed by atoms with Crippen LogP contribution in [-0.2, 0) is 0 Å². The van der Waals surface area contributed by atoms with Gasteiger partial charge in [-0.15, -0.1) is 0 Å². The molecule has 0 radical (unpaired) electrons. The summed E-state index contributed by atoms with van der Waals surface area (Å²) in [5, 5.41) is 30.8. The predicted molar refractivity (Wildman–Crippen MR) is 54.9 cm³/mol. The fraction of sp³-hybridized carbons (Fsp3) is 0. The van der Waals surface area contributed by atoms with Crippen LogP contribution in [0.5, 0.6) is 17.2 Å². The standard InChI is InChI=1S/C8H10N4O4/c9-11-8(16)12-10-3-4-1-5(13)7(15)6(14)2-4/h1-3,13-15H,9H2,(H2,11,12,16)/b10-3+. The molecule has 0 aliphatic heterocycles. The first-order chi connectivity index (χ1) is 7.54. The van der Waals surface area contributed by atoms with Crippen molar-refractivity contribution in [2.75, 3.05) is 0 Å². The fourth-order valence-corrected chi connectivity index (χ4v) is 0.898. The lowest BCUT2D eigenvalue weighted by atomic mass is 10.2. The van der Waals surface area contributed by atoms with Crippen molar-refractivity contribution in [2.24, 2.45) is 10.9 Å². The zero-order valence-electron chi connectivity index (χ0n) is 8.01. The lowest BCUT2D eigenvalue weighted by Gasteiger charge is -2.02.